The highest BCUT2D eigenvalue weighted by Gasteiger charge is 2.18. The molecule has 0 spiro atoms. The average Bonchev–Trinajstić information content (AvgIpc) is 3.08. The second-order valence-corrected chi connectivity index (χ2v) is 6.99. The van der Waals surface area contributed by atoms with Crippen LogP contribution < -0.4 is 10.6 Å². The normalized spacial score (nSPS) is 22.9. The second kappa shape index (κ2) is 7.13. The van der Waals surface area contributed by atoms with E-state index in [4.69, 9.17) is 4.99 Å². The summed E-state index contributed by atoms with van der Waals surface area (Å²) in [6, 6.07) is 0.555. The van der Waals surface area contributed by atoms with Gasteiger partial charge in [0.15, 0.2) is 10.9 Å². The summed E-state index contributed by atoms with van der Waals surface area (Å²) in [6.45, 7) is 5.95. The van der Waals surface area contributed by atoms with E-state index in [1.807, 2.05) is 11.6 Å². The van der Waals surface area contributed by atoms with Crippen LogP contribution in [0, 0.1) is 5.92 Å². The van der Waals surface area contributed by atoms with Gasteiger partial charge in [0.2, 0.25) is 0 Å². The Morgan fingerprint density at radius 3 is 2.95 bits per heavy atom. The minimum Gasteiger partial charge on any atom is -0.357 e. The van der Waals surface area contributed by atoms with Gasteiger partial charge in [-0.05, 0) is 38.5 Å². The maximum absolute atomic E-state index is 4.69. The number of nitrogens with one attached hydrogen (secondary N) is 2. The van der Waals surface area contributed by atoms with Crippen molar-refractivity contribution in [3.8, 4) is 0 Å². The summed E-state index contributed by atoms with van der Waals surface area (Å²) in [7, 11) is 0. The molecule has 0 atom stereocenters. The van der Waals surface area contributed by atoms with E-state index in [2.05, 4.69) is 40.1 Å². The molecular weight excluding hydrogens is 294 g/mol. The zero-order valence-electron chi connectivity index (χ0n) is 13.4. The maximum Gasteiger partial charge on any atom is 0.193 e. The minimum absolute atomic E-state index is 0.555. The molecule has 0 amide bonds. The Kier molecular flexibility index (Phi) is 4.97. The molecule has 2 aromatic heterocycles. The molecule has 2 heterocycles. The molecule has 5 nitrogen and oxygen atoms in total. The van der Waals surface area contributed by atoms with Crippen LogP contribution in [0.15, 0.2) is 22.8 Å². The standard InChI is InChI=1S/C16H25N5S/c1-3-17-15(19-13-6-4-12(2)5-7-13)18-10-14-11-21-8-9-22-16(21)20-14/h8-9,11-13H,3-7,10H2,1-2H3,(H2,17,18,19). The van der Waals surface area contributed by atoms with Crippen LogP contribution >= 0.6 is 11.3 Å². The number of hydrogen-bond acceptors (Lipinski definition) is 3. The summed E-state index contributed by atoms with van der Waals surface area (Å²) in [5, 5.41) is 8.97. The highest BCUT2D eigenvalue weighted by atomic mass is 32.1. The average molecular weight is 319 g/mol. The Balaban J connectivity index is 1.60. The number of guanidine groups is 1. The van der Waals surface area contributed by atoms with E-state index in [0.29, 0.717) is 12.6 Å². The fraction of sp³-hybridized carbons (Fsp3) is 0.625. The molecule has 120 valence electrons. The number of rotatable bonds is 4. The van der Waals surface area contributed by atoms with Gasteiger partial charge in [-0.3, -0.25) is 4.40 Å². The van der Waals surface area contributed by atoms with E-state index >= 15 is 0 Å². The number of nitrogens with zero attached hydrogens (tertiary/aromatic N) is 3. The van der Waals surface area contributed by atoms with Crippen molar-refractivity contribution in [2.24, 2.45) is 10.9 Å². The van der Waals surface area contributed by atoms with Gasteiger partial charge in [0.1, 0.15) is 0 Å². The lowest BCUT2D eigenvalue weighted by Gasteiger charge is -2.28. The first-order valence-electron chi connectivity index (χ1n) is 8.20. The lowest BCUT2D eigenvalue weighted by atomic mass is 9.87. The highest BCUT2D eigenvalue weighted by Crippen LogP contribution is 2.23. The van der Waals surface area contributed by atoms with Gasteiger partial charge < -0.3 is 10.6 Å². The van der Waals surface area contributed by atoms with E-state index in [1.54, 1.807) is 11.3 Å². The van der Waals surface area contributed by atoms with Crippen LogP contribution in [0.5, 0.6) is 0 Å². The Bertz CT molecular complexity index is 593. The molecule has 1 saturated carbocycles. The Morgan fingerprint density at radius 1 is 1.41 bits per heavy atom. The summed E-state index contributed by atoms with van der Waals surface area (Å²) in [6.07, 6.45) is 9.20. The monoisotopic (exact) mass is 319 g/mol. The van der Waals surface area contributed by atoms with Gasteiger partial charge in [-0.2, -0.15) is 0 Å². The third kappa shape index (κ3) is 3.80. The molecule has 1 fully saturated rings. The molecular formula is C16H25N5S. The fourth-order valence-corrected chi connectivity index (χ4v) is 3.65. The van der Waals surface area contributed by atoms with Crippen molar-refractivity contribution in [1.29, 1.82) is 0 Å². The zero-order valence-corrected chi connectivity index (χ0v) is 14.2. The van der Waals surface area contributed by atoms with Gasteiger partial charge in [-0.25, -0.2) is 9.98 Å². The van der Waals surface area contributed by atoms with Crippen LogP contribution in [0.1, 0.15) is 45.2 Å². The number of hydrogen-bond donors (Lipinski definition) is 2. The first kappa shape index (κ1) is 15.3. The Hall–Kier alpha value is -1.56. The molecule has 2 aromatic rings. The van der Waals surface area contributed by atoms with Crippen LogP contribution in [0.25, 0.3) is 4.96 Å². The van der Waals surface area contributed by atoms with Crippen molar-refractivity contribution in [1.82, 2.24) is 20.0 Å². The van der Waals surface area contributed by atoms with Crippen molar-refractivity contribution in [2.45, 2.75) is 52.1 Å². The molecule has 0 saturated heterocycles. The Labute approximate surface area is 135 Å². The third-order valence-corrected chi connectivity index (χ3v) is 5.01. The van der Waals surface area contributed by atoms with E-state index in [1.165, 1.54) is 25.7 Å². The van der Waals surface area contributed by atoms with Crippen LogP contribution in [0.4, 0.5) is 0 Å². The van der Waals surface area contributed by atoms with E-state index < -0.39 is 0 Å². The highest BCUT2D eigenvalue weighted by molar-refractivity contribution is 7.15. The van der Waals surface area contributed by atoms with E-state index in [0.717, 1.165) is 29.1 Å². The van der Waals surface area contributed by atoms with Crippen LogP contribution in [0.3, 0.4) is 0 Å². The van der Waals surface area contributed by atoms with Crippen molar-refractivity contribution < 1.29 is 0 Å². The Morgan fingerprint density at radius 2 is 2.23 bits per heavy atom. The van der Waals surface area contributed by atoms with E-state index in [9.17, 15) is 0 Å². The third-order valence-electron chi connectivity index (χ3n) is 4.24. The van der Waals surface area contributed by atoms with Crippen LogP contribution in [-0.4, -0.2) is 27.9 Å². The smallest absolute Gasteiger partial charge is 0.193 e. The molecule has 0 aromatic carbocycles. The van der Waals surface area contributed by atoms with Gasteiger partial charge in [0, 0.05) is 30.4 Å². The van der Waals surface area contributed by atoms with Crippen molar-refractivity contribution in [3.05, 3.63) is 23.5 Å². The number of fused-ring (bicyclic) bond motifs is 1. The van der Waals surface area contributed by atoms with Crippen molar-refractivity contribution >= 4 is 22.3 Å². The molecule has 2 N–H and O–H groups in total. The first-order chi connectivity index (χ1) is 10.7. The quantitative estimate of drug-likeness (QED) is 0.673. The van der Waals surface area contributed by atoms with Gasteiger partial charge in [-0.15, -0.1) is 11.3 Å². The summed E-state index contributed by atoms with van der Waals surface area (Å²) in [5.74, 6) is 1.79. The first-order valence-corrected chi connectivity index (χ1v) is 9.08. The number of aromatic nitrogens is 2. The van der Waals surface area contributed by atoms with Gasteiger partial charge in [0.05, 0.1) is 12.2 Å². The molecule has 22 heavy (non-hydrogen) atoms. The SMILES string of the molecule is CCNC(=NCc1cn2ccsc2n1)NC1CCC(C)CC1. The van der Waals surface area contributed by atoms with Gasteiger partial charge in [0.25, 0.3) is 0 Å². The van der Waals surface area contributed by atoms with Crippen molar-refractivity contribution in [3.63, 3.8) is 0 Å². The topological polar surface area (TPSA) is 53.7 Å². The molecule has 6 heteroatoms. The van der Waals surface area contributed by atoms with Crippen LogP contribution in [0.2, 0.25) is 0 Å². The predicted molar refractivity (Wildman–Crippen MR) is 92.4 cm³/mol. The number of imidazole rings is 1. The summed E-state index contributed by atoms with van der Waals surface area (Å²) >= 11 is 1.65. The van der Waals surface area contributed by atoms with E-state index in [-0.39, 0.29) is 0 Å². The number of thiazole rings is 1. The van der Waals surface area contributed by atoms with Gasteiger partial charge in [-0.1, -0.05) is 6.92 Å². The molecule has 0 aliphatic heterocycles. The van der Waals surface area contributed by atoms with Crippen molar-refractivity contribution in [2.75, 3.05) is 6.54 Å². The largest absolute Gasteiger partial charge is 0.357 e. The summed E-state index contributed by atoms with van der Waals surface area (Å²) in [4.78, 5) is 10.3. The summed E-state index contributed by atoms with van der Waals surface area (Å²) < 4.78 is 2.05. The predicted octanol–water partition coefficient (Wildman–Crippen LogP) is 3.03. The molecule has 0 bridgehead atoms. The molecule has 0 unspecified atom stereocenters. The molecule has 1 aliphatic carbocycles. The lowest BCUT2D eigenvalue weighted by molar-refractivity contribution is 0.329. The lowest BCUT2D eigenvalue weighted by Crippen LogP contribution is -2.44. The molecule has 3 rings (SSSR count). The number of aliphatic imine (C=N–C) groups is 1. The second-order valence-electron chi connectivity index (χ2n) is 6.12. The fourth-order valence-electron chi connectivity index (χ4n) is 2.93. The molecule has 1 aliphatic rings. The molecule has 0 radical (unpaired) electrons. The van der Waals surface area contributed by atoms with Crippen LogP contribution in [-0.2, 0) is 6.54 Å². The zero-order chi connectivity index (χ0) is 15.4. The maximum atomic E-state index is 4.69. The summed E-state index contributed by atoms with van der Waals surface area (Å²) in [5.41, 5.74) is 1.02. The minimum atomic E-state index is 0.555. The van der Waals surface area contributed by atoms with Gasteiger partial charge >= 0.3 is 0 Å².